The number of ether oxygens (including phenoxy) is 5. The van der Waals surface area contributed by atoms with Crippen molar-refractivity contribution < 1.29 is 33.3 Å². The first-order chi connectivity index (χ1) is 16.4. The molecular weight excluding hydrogens is 444 g/mol. The third-order valence-corrected chi connectivity index (χ3v) is 4.61. The standard InChI is InChI=1S/C23H24N4O7/c1-13(28)34-22-20(32-4)8-14(9-21(22)33-5)12-24-27-23(29)17-11-16(25-26-17)15-6-7-18(30-2)19(10-15)31-3/h6-12H,1-5H3,(H,25,26)(H,27,29)/b24-12+. The summed E-state index contributed by atoms with van der Waals surface area (Å²) in [4.78, 5) is 23.8. The number of methoxy groups -OCH3 is 4. The van der Waals surface area contributed by atoms with Crippen molar-refractivity contribution in [3.8, 4) is 40.0 Å². The second-order valence-corrected chi connectivity index (χ2v) is 6.78. The fourth-order valence-corrected chi connectivity index (χ4v) is 3.03. The van der Waals surface area contributed by atoms with Gasteiger partial charge in [-0.2, -0.15) is 10.2 Å². The Morgan fingerprint density at radius 2 is 1.56 bits per heavy atom. The van der Waals surface area contributed by atoms with E-state index >= 15 is 0 Å². The van der Waals surface area contributed by atoms with Crippen LogP contribution in [0.15, 0.2) is 41.5 Å². The van der Waals surface area contributed by atoms with Crippen LogP contribution >= 0.6 is 0 Å². The largest absolute Gasteiger partial charge is 0.493 e. The molecule has 0 bridgehead atoms. The van der Waals surface area contributed by atoms with Gasteiger partial charge in [0.05, 0.1) is 40.3 Å². The van der Waals surface area contributed by atoms with Crippen molar-refractivity contribution in [1.29, 1.82) is 0 Å². The molecule has 0 aliphatic heterocycles. The molecular formula is C23H24N4O7. The molecule has 0 saturated heterocycles. The van der Waals surface area contributed by atoms with E-state index in [1.54, 1.807) is 43.5 Å². The van der Waals surface area contributed by atoms with Crippen molar-refractivity contribution >= 4 is 18.1 Å². The minimum absolute atomic E-state index is 0.152. The van der Waals surface area contributed by atoms with Crippen LogP contribution < -0.4 is 29.1 Å². The summed E-state index contributed by atoms with van der Waals surface area (Å²) in [6.07, 6.45) is 1.39. The van der Waals surface area contributed by atoms with Gasteiger partial charge in [0, 0.05) is 18.1 Å². The number of amides is 1. The molecule has 0 aliphatic rings. The Kier molecular flexibility index (Phi) is 7.70. The van der Waals surface area contributed by atoms with Crippen LogP contribution in [0.3, 0.4) is 0 Å². The molecule has 3 aromatic rings. The molecule has 2 aromatic carbocycles. The van der Waals surface area contributed by atoms with Crippen LogP contribution in [-0.2, 0) is 4.79 Å². The molecule has 1 aromatic heterocycles. The topological polar surface area (TPSA) is 133 Å². The number of carbonyl (C=O) groups is 2. The van der Waals surface area contributed by atoms with Gasteiger partial charge in [0.1, 0.15) is 5.69 Å². The molecule has 0 aliphatic carbocycles. The molecule has 0 spiro atoms. The lowest BCUT2D eigenvalue weighted by Gasteiger charge is -2.13. The summed E-state index contributed by atoms with van der Waals surface area (Å²) in [7, 11) is 5.95. The number of rotatable bonds is 9. The first-order valence-electron chi connectivity index (χ1n) is 9.95. The maximum atomic E-state index is 12.5. The van der Waals surface area contributed by atoms with Gasteiger partial charge in [-0.15, -0.1) is 0 Å². The van der Waals surface area contributed by atoms with E-state index in [0.717, 1.165) is 5.56 Å². The Morgan fingerprint density at radius 3 is 2.15 bits per heavy atom. The van der Waals surface area contributed by atoms with E-state index in [1.165, 1.54) is 34.5 Å². The van der Waals surface area contributed by atoms with Gasteiger partial charge in [-0.25, -0.2) is 5.43 Å². The fraction of sp³-hybridized carbons (Fsp3) is 0.217. The SMILES string of the molecule is COc1ccc(-c2cc(C(=O)N/N=C/c3cc(OC)c(OC(C)=O)c(OC)c3)[nH]n2)cc1OC. The molecule has 11 heteroatoms. The molecule has 0 unspecified atom stereocenters. The van der Waals surface area contributed by atoms with Gasteiger partial charge in [-0.1, -0.05) is 0 Å². The van der Waals surface area contributed by atoms with Gasteiger partial charge >= 0.3 is 5.97 Å². The maximum Gasteiger partial charge on any atom is 0.308 e. The highest BCUT2D eigenvalue weighted by Crippen LogP contribution is 2.38. The number of benzene rings is 2. The lowest BCUT2D eigenvalue weighted by Crippen LogP contribution is -2.18. The second kappa shape index (κ2) is 10.9. The summed E-state index contributed by atoms with van der Waals surface area (Å²) in [6.45, 7) is 1.27. The van der Waals surface area contributed by atoms with Crippen LogP contribution in [0.25, 0.3) is 11.3 Å². The molecule has 2 N–H and O–H groups in total. The van der Waals surface area contributed by atoms with Gasteiger partial charge in [0.2, 0.25) is 5.75 Å². The van der Waals surface area contributed by atoms with E-state index in [-0.39, 0.29) is 22.9 Å². The molecule has 0 fully saturated rings. The Hall–Kier alpha value is -4.54. The molecule has 178 valence electrons. The average Bonchev–Trinajstić information content (AvgIpc) is 3.34. The van der Waals surface area contributed by atoms with Crippen molar-refractivity contribution in [2.24, 2.45) is 5.10 Å². The van der Waals surface area contributed by atoms with Crippen LogP contribution in [0, 0.1) is 0 Å². The number of esters is 1. The second-order valence-electron chi connectivity index (χ2n) is 6.78. The smallest absolute Gasteiger partial charge is 0.308 e. The minimum atomic E-state index is -0.516. The zero-order valence-corrected chi connectivity index (χ0v) is 19.3. The van der Waals surface area contributed by atoms with E-state index in [9.17, 15) is 9.59 Å². The van der Waals surface area contributed by atoms with Crippen molar-refractivity contribution in [1.82, 2.24) is 15.6 Å². The quantitative estimate of drug-likeness (QED) is 0.212. The van der Waals surface area contributed by atoms with Gasteiger partial charge in [0.25, 0.3) is 5.91 Å². The highest BCUT2D eigenvalue weighted by Gasteiger charge is 2.16. The monoisotopic (exact) mass is 468 g/mol. The molecule has 34 heavy (non-hydrogen) atoms. The number of hydrogen-bond acceptors (Lipinski definition) is 9. The van der Waals surface area contributed by atoms with Crippen molar-refractivity contribution in [2.45, 2.75) is 6.92 Å². The van der Waals surface area contributed by atoms with Crippen molar-refractivity contribution in [3.05, 3.63) is 47.7 Å². The Morgan fingerprint density at radius 1 is 0.912 bits per heavy atom. The number of carbonyl (C=O) groups excluding carboxylic acids is 2. The van der Waals surface area contributed by atoms with Gasteiger partial charge < -0.3 is 23.7 Å². The van der Waals surface area contributed by atoms with E-state index in [0.29, 0.717) is 22.8 Å². The summed E-state index contributed by atoms with van der Waals surface area (Å²) >= 11 is 0. The molecule has 3 rings (SSSR count). The van der Waals surface area contributed by atoms with Crippen molar-refractivity contribution in [2.75, 3.05) is 28.4 Å². The predicted molar refractivity (Wildman–Crippen MR) is 123 cm³/mol. The first kappa shape index (κ1) is 24.1. The molecule has 1 amide bonds. The molecule has 0 atom stereocenters. The first-order valence-corrected chi connectivity index (χ1v) is 9.95. The summed E-state index contributed by atoms with van der Waals surface area (Å²) in [6, 6.07) is 10.1. The number of hydrazone groups is 1. The fourth-order valence-electron chi connectivity index (χ4n) is 3.03. The van der Waals surface area contributed by atoms with Gasteiger partial charge in [-0.3, -0.25) is 14.7 Å². The highest BCUT2D eigenvalue weighted by molar-refractivity contribution is 5.94. The number of nitrogens with one attached hydrogen (secondary N) is 2. The maximum absolute atomic E-state index is 12.5. The normalized spacial score (nSPS) is 10.6. The Labute approximate surface area is 195 Å². The van der Waals surface area contributed by atoms with E-state index in [1.807, 2.05) is 0 Å². The molecule has 0 radical (unpaired) electrons. The summed E-state index contributed by atoms with van der Waals surface area (Å²) in [5.41, 5.74) is 4.46. The summed E-state index contributed by atoms with van der Waals surface area (Å²) in [5.74, 6) is 0.820. The third-order valence-electron chi connectivity index (χ3n) is 4.61. The van der Waals surface area contributed by atoms with Crippen molar-refractivity contribution in [3.63, 3.8) is 0 Å². The zero-order valence-electron chi connectivity index (χ0n) is 19.3. The van der Waals surface area contributed by atoms with E-state index in [2.05, 4.69) is 20.7 Å². The number of aromatic nitrogens is 2. The van der Waals surface area contributed by atoms with Gasteiger partial charge in [0.15, 0.2) is 23.0 Å². The number of H-pyrrole nitrogens is 1. The minimum Gasteiger partial charge on any atom is -0.493 e. The number of hydrogen-bond donors (Lipinski definition) is 2. The van der Waals surface area contributed by atoms with Gasteiger partial charge in [-0.05, 0) is 36.4 Å². The molecule has 0 saturated carbocycles. The van der Waals surface area contributed by atoms with E-state index < -0.39 is 11.9 Å². The average molecular weight is 468 g/mol. The van der Waals surface area contributed by atoms with Crippen LogP contribution in [0.2, 0.25) is 0 Å². The summed E-state index contributed by atoms with van der Waals surface area (Å²) < 4.78 is 26.2. The summed E-state index contributed by atoms with van der Waals surface area (Å²) in [5, 5.41) is 10.8. The third kappa shape index (κ3) is 5.44. The lowest BCUT2D eigenvalue weighted by atomic mass is 10.1. The lowest BCUT2D eigenvalue weighted by molar-refractivity contribution is -0.132. The zero-order chi connectivity index (χ0) is 24.7. The predicted octanol–water partition coefficient (Wildman–Crippen LogP) is 2.80. The van der Waals surface area contributed by atoms with Crippen LogP contribution in [0.1, 0.15) is 23.0 Å². The van der Waals surface area contributed by atoms with Crippen LogP contribution in [0.5, 0.6) is 28.7 Å². The Balaban J connectivity index is 1.74. The van der Waals surface area contributed by atoms with E-state index in [4.69, 9.17) is 23.7 Å². The van der Waals surface area contributed by atoms with Crippen LogP contribution in [0.4, 0.5) is 0 Å². The molecule has 1 heterocycles. The number of aromatic amines is 1. The highest BCUT2D eigenvalue weighted by atomic mass is 16.6. The number of nitrogens with zero attached hydrogens (tertiary/aromatic N) is 2. The molecule has 11 nitrogen and oxygen atoms in total. The van der Waals surface area contributed by atoms with Crippen LogP contribution in [-0.4, -0.2) is 56.7 Å². The Bertz CT molecular complexity index is 1190.